The Labute approximate surface area is 383 Å². The van der Waals surface area contributed by atoms with Gasteiger partial charge in [0.2, 0.25) is 0 Å². The van der Waals surface area contributed by atoms with Gasteiger partial charge in [0, 0.05) is 42.8 Å². The average molecular weight is 943 g/mol. The molecule has 0 unspecified atom stereocenters. The molecule has 4 heterocycles. The second-order valence-corrected chi connectivity index (χ2v) is 20.6. The van der Waals surface area contributed by atoms with Crippen molar-refractivity contribution in [3.63, 3.8) is 0 Å². The van der Waals surface area contributed by atoms with Crippen LogP contribution in [0, 0.1) is 34.5 Å². The number of ether oxygens (including phenoxy) is 8. The van der Waals surface area contributed by atoms with E-state index >= 15 is 0 Å². The Hall–Kier alpha value is -2.22. The van der Waals surface area contributed by atoms with Crippen LogP contribution in [0.5, 0.6) is 0 Å². The van der Waals surface area contributed by atoms with E-state index in [2.05, 4.69) is 13.0 Å². The van der Waals surface area contributed by atoms with E-state index in [4.69, 9.17) is 37.9 Å². The lowest BCUT2D eigenvalue weighted by Gasteiger charge is -2.61. The van der Waals surface area contributed by atoms with Crippen molar-refractivity contribution in [3.05, 3.63) is 22.8 Å². The Morgan fingerprint density at radius 2 is 1.47 bits per heavy atom. The monoisotopic (exact) mass is 942 g/mol. The maximum atomic E-state index is 12.9. The number of carbonyl (C=O) groups is 2. The summed E-state index contributed by atoms with van der Waals surface area (Å²) in [5.74, 6) is -1.21. The molecule has 4 aliphatic carbocycles. The average Bonchev–Trinajstić information content (AvgIpc) is 3.69. The molecule has 10 N–H and O–H groups in total. The van der Waals surface area contributed by atoms with Gasteiger partial charge >= 0.3 is 11.9 Å². The second kappa shape index (κ2) is 19.2. The summed E-state index contributed by atoms with van der Waals surface area (Å²) in [6.45, 7) is 6.99. The highest BCUT2D eigenvalue weighted by molar-refractivity contribution is 5.89. The third-order valence-electron chi connectivity index (χ3n) is 17.1. The van der Waals surface area contributed by atoms with Crippen molar-refractivity contribution in [2.75, 3.05) is 26.4 Å². The molecule has 0 aromatic rings. The molecule has 374 valence electrons. The second-order valence-electron chi connectivity index (χ2n) is 20.6. The van der Waals surface area contributed by atoms with Gasteiger partial charge < -0.3 is 89.0 Å². The first kappa shape index (κ1) is 50.2. The summed E-state index contributed by atoms with van der Waals surface area (Å²) in [7, 11) is 0. The number of rotatable bonds is 11. The zero-order chi connectivity index (χ0) is 47.8. The van der Waals surface area contributed by atoms with Crippen molar-refractivity contribution in [3.8, 4) is 0 Å². The number of carbonyl (C=O) groups excluding carboxylic acids is 2. The lowest BCUT2D eigenvalue weighted by molar-refractivity contribution is -0.380. The highest BCUT2D eigenvalue weighted by atomic mass is 16.8. The number of hydrogen-bond acceptors (Lipinski definition) is 20. The van der Waals surface area contributed by atoms with Gasteiger partial charge in [-0.2, -0.15) is 0 Å². The fourth-order valence-electron chi connectivity index (χ4n) is 13.3. The van der Waals surface area contributed by atoms with Crippen LogP contribution in [0.25, 0.3) is 0 Å². The molecule has 0 aromatic carbocycles. The maximum absolute atomic E-state index is 12.9. The van der Waals surface area contributed by atoms with Gasteiger partial charge in [-0.05, 0) is 83.0 Å². The summed E-state index contributed by atoms with van der Waals surface area (Å²) in [5.41, 5.74) is -0.322. The van der Waals surface area contributed by atoms with E-state index in [0.29, 0.717) is 44.1 Å². The van der Waals surface area contributed by atoms with E-state index < -0.39 is 146 Å². The van der Waals surface area contributed by atoms with Gasteiger partial charge in [0.1, 0.15) is 78.8 Å². The molecule has 6 fully saturated rings. The third-order valence-corrected chi connectivity index (χ3v) is 17.1. The van der Waals surface area contributed by atoms with E-state index in [1.807, 2.05) is 6.92 Å². The van der Waals surface area contributed by atoms with Crippen LogP contribution in [0.3, 0.4) is 0 Å². The molecule has 3 saturated carbocycles. The van der Waals surface area contributed by atoms with Gasteiger partial charge in [0.25, 0.3) is 0 Å². The molecule has 8 aliphatic rings. The molecule has 20 nitrogen and oxygen atoms in total. The first-order valence-electron chi connectivity index (χ1n) is 23.5. The number of aliphatic hydroxyl groups is 10. The van der Waals surface area contributed by atoms with Crippen LogP contribution in [0.2, 0.25) is 0 Å². The predicted molar refractivity (Wildman–Crippen MR) is 223 cm³/mol. The van der Waals surface area contributed by atoms with Gasteiger partial charge in [-0.25, -0.2) is 4.79 Å². The van der Waals surface area contributed by atoms with E-state index in [1.165, 1.54) is 6.92 Å². The van der Waals surface area contributed by atoms with Crippen molar-refractivity contribution < 1.29 is 98.5 Å². The van der Waals surface area contributed by atoms with Crippen LogP contribution in [0.4, 0.5) is 0 Å². The van der Waals surface area contributed by atoms with Crippen molar-refractivity contribution in [1.82, 2.24) is 0 Å². The number of aliphatic hydroxyl groups excluding tert-OH is 9. The van der Waals surface area contributed by atoms with E-state index in [0.717, 1.165) is 17.6 Å². The molecule has 20 heteroatoms. The smallest absolute Gasteiger partial charge is 0.334 e. The lowest BCUT2D eigenvalue weighted by Crippen LogP contribution is -2.66. The van der Waals surface area contributed by atoms with Crippen LogP contribution < -0.4 is 0 Å². The van der Waals surface area contributed by atoms with Gasteiger partial charge in [-0.3, -0.25) is 4.79 Å². The van der Waals surface area contributed by atoms with Crippen molar-refractivity contribution in [2.45, 2.75) is 190 Å². The van der Waals surface area contributed by atoms with Gasteiger partial charge in [-0.15, -0.1) is 0 Å². The molecular weight excluding hydrogens is 872 g/mol. The lowest BCUT2D eigenvalue weighted by atomic mass is 9.45. The Morgan fingerprint density at radius 3 is 2.06 bits per heavy atom. The zero-order valence-corrected chi connectivity index (χ0v) is 38.2. The molecule has 4 aliphatic heterocycles. The molecule has 0 aromatic heterocycles. The quantitative estimate of drug-likeness (QED) is 0.0841. The van der Waals surface area contributed by atoms with Crippen LogP contribution in [-0.4, -0.2) is 193 Å². The van der Waals surface area contributed by atoms with Crippen molar-refractivity contribution >= 4 is 11.9 Å². The molecule has 8 rings (SSSR count). The fourth-order valence-corrected chi connectivity index (χ4v) is 13.3. The van der Waals surface area contributed by atoms with E-state index in [-0.39, 0.29) is 36.7 Å². The van der Waals surface area contributed by atoms with Gasteiger partial charge in [-0.1, -0.05) is 24.1 Å². The SMILES string of the molecule is CC(=O)O[C@H]1C[C@H](O[C@@H]2O[C@H](CO)[C@@H](O[C@@H]3OC[C@@H](O)[C@H](O)[C@H]3O)[C@H](O[C@@H]3OC[C@@H](O)[C@H](O)[C@H]3O)[C@H]2O)CC2=CC[C@H]3[C@@H]4CC[C@H]([C@@](C)(O)[C@H]5CC(C)=C(C)C(=O)O5)[C@@]4(CO)CC[C@@H]3[C@]21C. The van der Waals surface area contributed by atoms with E-state index in [1.54, 1.807) is 13.8 Å². The van der Waals surface area contributed by atoms with Gasteiger partial charge in [0.15, 0.2) is 18.9 Å². The third kappa shape index (κ3) is 8.61. The first-order chi connectivity index (χ1) is 31.2. The molecule has 0 amide bonds. The first-order valence-corrected chi connectivity index (χ1v) is 23.5. The van der Waals surface area contributed by atoms with Crippen LogP contribution in [0.15, 0.2) is 22.8 Å². The topological polar surface area (TPSA) is 310 Å². The molecule has 3 saturated heterocycles. The molecule has 66 heavy (non-hydrogen) atoms. The van der Waals surface area contributed by atoms with Crippen LogP contribution in [-0.2, 0) is 47.5 Å². The summed E-state index contributed by atoms with van der Waals surface area (Å²) >= 11 is 0. The summed E-state index contributed by atoms with van der Waals surface area (Å²) in [6, 6.07) is 0. The Kier molecular flexibility index (Phi) is 14.6. The summed E-state index contributed by atoms with van der Waals surface area (Å²) in [6.07, 6.45) is -16.8. The number of allylic oxidation sites excluding steroid dienone is 1. The number of esters is 2. The maximum Gasteiger partial charge on any atom is 0.334 e. The van der Waals surface area contributed by atoms with E-state index in [9.17, 15) is 60.7 Å². The fraction of sp³-hybridized carbons (Fsp3) is 0.870. The number of hydrogen-bond donors (Lipinski definition) is 10. The molecule has 0 bridgehead atoms. The van der Waals surface area contributed by atoms with Crippen molar-refractivity contribution in [2.24, 2.45) is 34.5 Å². The van der Waals surface area contributed by atoms with Crippen LogP contribution >= 0.6 is 0 Å². The largest absolute Gasteiger partial charge is 0.462 e. The predicted octanol–water partition coefficient (Wildman–Crippen LogP) is -1.41. The zero-order valence-electron chi connectivity index (χ0n) is 38.2. The molecule has 0 radical (unpaired) electrons. The minimum atomic E-state index is -1.80. The number of cyclic esters (lactones) is 1. The normalized spacial score (nSPS) is 49.4. The standard InChI is InChI=1S/C46H70O20/c1-19-12-32(64-40(57)20(19)2)45(5,58)30-9-8-26-24-7-6-22-13-23(14-31(61-21(3)49)44(22,4)25(24)10-11-46(26,30)18-48)62-43-37(56)39(66-42-36(55)34(53)28(51)17-60-42)38(29(15-47)63-43)65-41-35(54)33(52)27(50)16-59-41/h6,23-39,41-43,47-48,50-56,58H,7-18H2,1-5H3/t23-,24-,25+,26+,27-,28-,29-,30-,31+,32-,33+,34+,35-,36-,37-,38-,39-,41+,42+,43-,44+,45-,46-/m1/s1. The Balaban J connectivity index is 1.04. The summed E-state index contributed by atoms with van der Waals surface area (Å²) in [5, 5.41) is 109. The summed E-state index contributed by atoms with van der Waals surface area (Å²) in [4.78, 5) is 25.7. The summed E-state index contributed by atoms with van der Waals surface area (Å²) < 4.78 is 47.6. The van der Waals surface area contributed by atoms with Crippen LogP contribution in [0.1, 0.15) is 86.0 Å². The Morgan fingerprint density at radius 1 is 0.833 bits per heavy atom. The Bertz CT molecular complexity index is 1840. The minimum absolute atomic E-state index is 0.00904. The number of fused-ring (bicyclic) bond motifs is 5. The minimum Gasteiger partial charge on any atom is -0.462 e. The highest BCUT2D eigenvalue weighted by Gasteiger charge is 2.66. The highest BCUT2D eigenvalue weighted by Crippen LogP contribution is 2.68. The molecule has 23 atom stereocenters. The molecule has 0 spiro atoms. The molecular formula is C46H70O20. The van der Waals surface area contributed by atoms with Gasteiger partial charge in [0.05, 0.1) is 25.9 Å². The van der Waals surface area contributed by atoms with Crippen molar-refractivity contribution in [1.29, 1.82) is 0 Å².